The van der Waals surface area contributed by atoms with E-state index in [1.165, 1.54) is 36.4 Å². The fourth-order valence-electron chi connectivity index (χ4n) is 2.23. The molecule has 0 bridgehead atoms. The van der Waals surface area contributed by atoms with Gasteiger partial charge in [0.2, 0.25) is 0 Å². The average molecular weight is 356 g/mol. The van der Waals surface area contributed by atoms with Gasteiger partial charge >= 0.3 is 5.63 Å². The Balaban J connectivity index is 1.97. The molecule has 0 aliphatic carbocycles. The molecule has 6 nitrogen and oxygen atoms in total. The molecule has 0 aliphatic rings. The number of hydrogen-bond donors (Lipinski definition) is 0. The van der Waals surface area contributed by atoms with Gasteiger partial charge in [-0.1, -0.05) is 29.8 Å². The highest BCUT2D eigenvalue weighted by atomic mass is 35.5. The second-order valence-electron chi connectivity index (χ2n) is 5.18. The van der Waals surface area contributed by atoms with Gasteiger partial charge in [0.25, 0.3) is 5.69 Å². The number of nitro groups is 1. The van der Waals surface area contributed by atoms with Crippen LogP contribution in [-0.2, 0) is 0 Å². The highest BCUT2D eigenvalue weighted by Crippen LogP contribution is 2.20. The quantitative estimate of drug-likeness (QED) is 0.229. The lowest BCUT2D eigenvalue weighted by molar-refractivity contribution is -0.384. The minimum Gasteiger partial charge on any atom is -0.422 e. The maximum atomic E-state index is 12.3. The molecule has 0 fully saturated rings. The molecule has 0 saturated heterocycles. The lowest BCUT2D eigenvalue weighted by atomic mass is 10.1. The number of fused-ring (bicyclic) bond motifs is 1. The summed E-state index contributed by atoms with van der Waals surface area (Å²) in [6, 6.07) is 11.9. The first-order valence-corrected chi connectivity index (χ1v) is 7.52. The van der Waals surface area contributed by atoms with Crippen molar-refractivity contribution in [3.05, 3.63) is 91.3 Å². The molecule has 0 aliphatic heterocycles. The molecule has 0 spiro atoms. The molecule has 0 N–H and O–H groups in total. The van der Waals surface area contributed by atoms with Crippen molar-refractivity contribution in [1.82, 2.24) is 0 Å². The van der Waals surface area contributed by atoms with Crippen LogP contribution in [0, 0.1) is 10.1 Å². The zero-order chi connectivity index (χ0) is 18.0. The fraction of sp³-hybridized carbons (Fsp3) is 0. The highest BCUT2D eigenvalue weighted by Gasteiger charge is 2.14. The summed E-state index contributed by atoms with van der Waals surface area (Å²) >= 11 is 5.79. The molecular formula is C18H10ClNO5. The van der Waals surface area contributed by atoms with Gasteiger partial charge in [-0.05, 0) is 35.9 Å². The van der Waals surface area contributed by atoms with Crippen LogP contribution in [0.5, 0.6) is 0 Å². The Labute approximate surface area is 146 Å². The Morgan fingerprint density at radius 2 is 1.84 bits per heavy atom. The minimum atomic E-state index is -0.799. The number of halogens is 1. The predicted octanol–water partition coefficient (Wildman–Crippen LogP) is 4.25. The van der Waals surface area contributed by atoms with Crippen LogP contribution in [0.3, 0.4) is 0 Å². The molecule has 1 heterocycles. The van der Waals surface area contributed by atoms with Crippen LogP contribution < -0.4 is 5.63 Å². The number of ketones is 1. The molecule has 7 heteroatoms. The summed E-state index contributed by atoms with van der Waals surface area (Å²) in [4.78, 5) is 34.5. The highest BCUT2D eigenvalue weighted by molar-refractivity contribution is 6.30. The molecular weight excluding hydrogens is 346 g/mol. The summed E-state index contributed by atoms with van der Waals surface area (Å²) in [6.07, 6.45) is 2.77. The van der Waals surface area contributed by atoms with Crippen molar-refractivity contribution >= 4 is 40.1 Å². The largest absolute Gasteiger partial charge is 0.422 e. The number of rotatable bonds is 4. The van der Waals surface area contributed by atoms with Crippen molar-refractivity contribution in [1.29, 1.82) is 0 Å². The van der Waals surface area contributed by atoms with Gasteiger partial charge in [0.1, 0.15) is 11.1 Å². The van der Waals surface area contributed by atoms with Crippen LogP contribution in [0.2, 0.25) is 5.02 Å². The summed E-state index contributed by atoms with van der Waals surface area (Å²) in [5.74, 6) is -0.558. The Hall–Kier alpha value is -3.25. The predicted molar refractivity (Wildman–Crippen MR) is 94.0 cm³/mol. The molecule has 0 saturated carbocycles. The van der Waals surface area contributed by atoms with Crippen molar-refractivity contribution in [3.63, 3.8) is 0 Å². The number of carbonyl (C=O) groups is 1. The summed E-state index contributed by atoms with van der Waals surface area (Å²) in [6.45, 7) is 0. The van der Waals surface area contributed by atoms with Crippen LogP contribution in [-0.4, -0.2) is 10.7 Å². The van der Waals surface area contributed by atoms with Crippen LogP contribution >= 0.6 is 11.6 Å². The third-order valence-corrected chi connectivity index (χ3v) is 3.74. The Morgan fingerprint density at radius 3 is 2.52 bits per heavy atom. The zero-order valence-corrected chi connectivity index (χ0v) is 13.4. The van der Waals surface area contributed by atoms with Gasteiger partial charge in [0.05, 0.1) is 4.92 Å². The molecule has 3 aromatic rings. The Morgan fingerprint density at radius 1 is 1.12 bits per heavy atom. The number of allylic oxidation sites excluding steroid dienone is 1. The first-order valence-electron chi connectivity index (χ1n) is 7.14. The van der Waals surface area contributed by atoms with Gasteiger partial charge in [-0.25, -0.2) is 4.79 Å². The Kier molecular flexibility index (Phi) is 4.45. The Bertz CT molecular complexity index is 1070. The first-order chi connectivity index (χ1) is 11.9. The number of hydrogen-bond acceptors (Lipinski definition) is 5. The summed E-state index contributed by atoms with van der Waals surface area (Å²) in [7, 11) is 0. The van der Waals surface area contributed by atoms with Crippen LogP contribution in [0.4, 0.5) is 5.69 Å². The summed E-state index contributed by atoms with van der Waals surface area (Å²) in [5, 5.41) is 11.7. The van der Waals surface area contributed by atoms with Crippen molar-refractivity contribution in [2.24, 2.45) is 0 Å². The molecule has 0 atom stereocenters. The molecule has 25 heavy (non-hydrogen) atoms. The van der Waals surface area contributed by atoms with Crippen molar-refractivity contribution in [2.75, 3.05) is 0 Å². The maximum Gasteiger partial charge on any atom is 0.347 e. The topological polar surface area (TPSA) is 90.4 Å². The number of benzene rings is 2. The second-order valence-corrected chi connectivity index (χ2v) is 5.61. The third kappa shape index (κ3) is 3.64. The number of nitrogens with zero attached hydrogens (tertiary/aromatic N) is 1. The van der Waals surface area contributed by atoms with Crippen molar-refractivity contribution < 1.29 is 14.1 Å². The molecule has 0 radical (unpaired) electrons. The maximum absolute atomic E-state index is 12.3. The standard InChI is InChI=1S/C18H10ClNO5/c19-13-4-1-11(2-5-13)3-7-16(21)15-10-12-9-14(20(23)24)6-8-17(12)25-18(15)22/h1-10H. The number of nitro benzene ring substituents is 1. The molecule has 2 aromatic carbocycles. The first kappa shape index (κ1) is 16.6. The van der Waals surface area contributed by atoms with E-state index in [4.69, 9.17) is 16.0 Å². The monoisotopic (exact) mass is 355 g/mol. The van der Waals surface area contributed by atoms with E-state index in [0.717, 1.165) is 5.56 Å². The van der Waals surface area contributed by atoms with Crippen LogP contribution in [0.25, 0.3) is 17.0 Å². The van der Waals surface area contributed by atoms with Gasteiger partial charge in [0, 0.05) is 22.5 Å². The van der Waals surface area contributed by atoms with E-state index in [2.05, 4.69) is 0 Å². The molecule has 1 aromatic heterocycles. The lowest BCUT2D eigenvalue weighted by Crippen LogP contribution is -2.12. The van der Waals surface area contributed by atoms with Gasteiger partial charge in [-0.2, -0.15) is 0 Å². The summed E-state index contributed by atoms with van der Waals surface area (Å²) in [5.41, 5.74) is -0.242. The van der Waals surface area contributed by atoms with E-state index in [1.54, 1.807) is 24.3 Å². The van der Waals surface area contributed by atoms with Crippen LogP contribution in [0.1, 0.15) is 15.9 Å². The van der Waals surface area contributed by atoms with Gasteiger partial charge < -0.3 is 4.42 Å². The molecule has 0 unspecified atom stereocenters. The van der Waals surface area contributed by atoms with Crippen LogP contribution in [0.15, 0.2) is 63.8 Å². The average Bonchev–Trinajstić information content (AvgIpc) is 2.60. The minimum absolute atomic E-state index is 0.156. The SMILES string of the molecule is O=C(C=Cc1ccc(Cl)cc1)c1cc2cc([N+](=O)[O-])ccc2oc1=O. The van der Waals surface area contributed by atoms with E-state index in [0.29, 0.717) is 10.4 Å². The third-order valence-electron chi connectivity index (χ3n) is 3.49. The second kappa shape index (κ2) is 6.70. The molecule has 0 amide bonds. The number of carbonyl (C=O) groups excluding carboxylic acids is 1. The van der Waals surface area contributed by atoms with Crippen molar-refractivity contribution in [2.45, 2.75) is 0 Å². The normalized spacial score (nSPS) is 11.1. The summed E-state index contributed by atoms with van der Waals surface area (Å²) < 4.78 is 5.07. The van der Waals surface area contributed by atoms with E-state index in [-0.39, 0.29) is 16.8 Å². The van der Waals surface area contributed by atoms with Gasteiger partial charge in [-0.3, -0.25) is 14.9 Å². The van der Waals surface area contributed by atoms with E-state index >= 15 is 0 Å². The molecule has 3 rings (SSSR count). The number of non-ortho nitro benzene ring substituents is 1. The van der Waals surface area contributed by atoms with Gasteiger partial charge in [0.15, 0.2) is 5.78 Å². The van der Waals surface area contributed by atoms with Gasteiger partial charge in [-0.15, -0.1) is 0 Å². The van der Waals surface area contributed by atoms with E-state index < -0.39 is 16.3 Å². The zero-order valence-electron chi connectivity index (χ0n) is 12.6. The van der Waals surface area contributed by atoms with Crippen molar-refractivity contribution in [3.8, 4) is 0 Å². The van der Waals surface area contributed by atoms with E-state index in [9.17, 15) is 19.7 Å². The molecule has 124 valence electrons. The van der Waals surface area contributed by atoms with E-state index in [1.807, 2.05) is 0 Å². The lowest BCUT2D eigenvalue weighted by Gasteiger charge is -2.00. The smallest absolute Gasteiger partial charge is 0.347 e. The fourth-order valence-corrected chi connectivity index (χ4v) is 2.36.